The lowest BCUT2D eigenvalue weighted by Gasteiger charge is -2.48. The van der Waals surface area contributed by atoms with Crippen molar-refractivity contribution in [1.82, 2.24) is 29.6 Å². The van der Waals surface area contributed by atoms with Crippen LogP contribution in [0.25, 0.3) is 22.4 Å². The third-order valence-corrected chi connectivity index (χ3v) is 7.97. The molecule has 7 nitrogen and oxygen atoms in total. The Balaban J connectivity index is 1.50. The number of hydrogen-bond donors (Lipinski definition) is 1. The molecule has 1 amide bonds. The lowest BCUT2D eigenvalue weighted by molar-refractivity contribution is 0.0544. The molecule has 0 spiro atoms. The number of carbonyl (C=O) groups excluding carboxylic acids is 1. The molecule has 0 fully saturated rings. The van der Waals surface area contributed by atoms with E-state index in [0.717, 1.165) is 34.7 Å². The number of aromatic nitrogens is 5. The Morgan fingerprint density at radius 1 is 1.21 bits per heavy atom. The van der Waals surface area contributed by atoms with Gasteiger partial charge in [-0.15, -0.1) is 10.2 Å². The number of hydrogen-bond acceptors (Lipinski definition) is 4. The summed E-state index contributed by atoms with van der Waals surface area (Å²) in [6.07, 6.45) is 2.50. The Morgan fingerprint density at radius 3 is 2.71 bits per heavy atom. The van der Waals surface area contributed by atoms with Gasteiger partial charge in [0.1, 0.15) is 5.82 Å². The second-order valence-corrected chi connectivity index (χ2v) is 10.0. The summed E-state index contributed by atoms with van der Waals surface area (Å²) >= 11 is 0. The molecule has 2 atom stereocenters. The highest BCUT2D eigenvalue weighted by atomic mass is 16.2. The summed E-state index contributed by atoms with van der Waals surface area (Å²) in [7, 11) is 2.00. The monoisotopic (exact) mass is 456 g/mol. The molecule has 1 N–H and O–H groups in total. The number of aromatic amines is 1. The zero-order valence-corrected chi connectivity index (χ0v) is 20.8. The van der Waals surface area contributed by atoms with E-state index in [1.165, 1.54) is 11.1 Å². The first-order valence-corrected chi connectivity index (χ1v) is 12.0. The van der Waals surface area contributed by atoms with Gasteiger partial charge in [-0.1, -0.05) is 32.9 Å². The predicted octanol–water partition coefficient (Wildman–Crippen LogP) is 4.67. The largest absolute Gasteiger partial charge is 0.345 e. The molecule has 34 heavy (non-hydrogen) atoms. The summed E-state index contributed by atoms with van der Waals surface area (Å²) < 4.78 is 2.03. The van der Waals surface area contributed by atoms with Gasteiger partial charge < -0.3 is 14.5 Å². The van der Waals surface area contributed by atoms with Gasteiger partial charge in [-0.2, -0.15) is 0 Å². The smallest absolute Gasteiger partial charge is 0.254 e. The van der Waals surface area contributed by atoms with Crippen LogP contribution in [-0.4, -0.2) is 48.1 Å². The number of benzene rings is 2. The van der Waals surface area contributed by atoms with Gasteiger partial charge in [0.05, 0.1) is 17.4 Å². The molecular formula is C27H32N6O. The van der Waals surface area contributed by atoms with Crippen LogP contribution in [0, 0.1) is 12.8 Å². The minimum absolute atomic E-state index is 0.0706. The number of rotatable bonds is 4. The fraction of sp³-hybridized carbons (Fsp3) is 0.407. The van der Waals surface area contributed by atoms with Crippen LogP contribution in [0.1, 0.15) is 55.0 Å². The maximum absolute atomic E-state index is 13.7. The Morgan fingerprint density at radius 2 is 2.00 bits per heavy atom. The molecule has 4 aromatic rings. The van der Waals surface area contributed by atoms with Crippen molar-refractivity contribution in [2.24, 2.45) is 13.0 Å². The Kier molecular flexibility index (Phi) is 5.30. The first-order chi connectivity index (χ1) is 16.2. The first kappa shape index (κ1) is 22.3. The van der Waals surface area contributed by atoms with E-state index in [-0.39, 0.29) is 23.3 Å². The zero-order valence-electron chi connectivity index (χ0n) is 20.8. The second-order valence-electron chi connectivity index (χ2n) is 10.0. The highest BCUT2D eigenvalue weighted by molar-refractivity contribution is 5.97. The van der Waals surface area contributed by atoms with Crippen molar-refractivity contribution >= 4 is 16.9 Å². The average molecular weight is 457 g/mol. The lowest BCUT2D eigenvalue weighted by atomic mass is 9.63. The Bertz CT molecular complexity index is 1380. The number of imidazole rings is 1. The van der Waals surface area contributed by atoms with Crippen LogP contribution in [0.3, 0.4) is 0 Å². The van der Waals surface area contributed by atoms with E-state index in [1.807, 2.05) is 41.6 Å². The molecule has 2 aromatic heterocycles. The van der Waals surface area contributed by atoms with Crippen LogP contribution in [0.15, 0.2) is 42.7 Å². The van der Waals surface area contributed by atoms with Gasteiger partial charge in [-0.05, 0) is 67.0 Å². The normalized spacial score (nSPS) is 19.2. The number of amides is 1. The molecule has 0 aliphatic heterocycles. The summed E-state index contributed by atoms with van der Waals surface area (Å²) in [5.41, 5.74) is 6.05. The molecule has 2 aromatic carbocycles. The van der Waals surface area contributed by atoms with Crippen LogP contribution < -0.4 is 0 Å². The van der Waals surface area contributed by atoms with Crippen molar-refractivity contribution in [1.29, 1.82) is 0 Å². The number of H-pyrrole nitrogens is 1. The molecule has 0 saturated heterocycles. The number of carbonyl (C=O) groups is 1. The van der Waals surface area contributed by atoms with Gasteiger partial charge in [-0.25, -0.2) is 4.98 Å². The van der Waals surface area contributed by atoms with Crippen molar-refractivity contribution < 1.29 is 4.79 Å². The van der Waals surface area contributed by atoms with Crippen molar-refractivity contribution in [2.75, 3.05) is 6.54 Å². The molecule has 176 valence electrons. The standard InChI is InChI=1S/C27H32N6O/c1-7-33(26(34)20-10-11-22-23(13-20)29-15-28-22)24-14-18-8-9-19(25-31-30-17(3)32(25)6)12-21(18)27(4,5)16(24)2/h8-13,15-16,24H,7,14H2,1-6H3,(H,28,29)/t16-,24-/m1/s1. The van der Waals surface area contributed by atoms with E-state index in [0.29, 0.717) is 12.1 Å². The van der Waals surface area contributed by atoms with Gasteiger partial charge in [0, 0.05) is 30.8 Å². The summed E-state index contributed by atoms with van der Waals surface area (Å²) in [6, 6.07) is 12.4. The maximum Gasteiger partial charge on any atom is 0.254 e. The summed E-state index contributed by atoms with van der Waals surface area (Å²) in [4.78, 5) is 23.1. The minimum Gasteiger partial charge on any atom is -0.345 e. The fourth-order valence-corrected chi connectivity index (χ4v) is 5.42. The van der Waals surface area contributed by atoms with Gasteiger partial charge in [0.2, 0.25) is 0 Å². The quantitative estimate of drug-likeness (QED) is 0.484. The molecule has 0 radical (unpaired) electrons. The van der Waals surface area contributed by atoms with Crippen LogP contribution in [-0.2, 0) is 18.9 Å². The molecule has 5 rings (SSSR count). The second kappa shape index (κ2) is 8.08. The van der Waals surface area contributed by atoms with Crippen LogP contribution in [0.2, 0.25) is 0 Å². The molecule has 1 aliphatic rings. The van der Waals surface area contributed by atoms with Crippen molar-refractivity contribution in [2.45, 2.75) is 52.5 Å². The summed E-state index contributed by atoms with van der Waals surface area (Å²) in [6.45, 7) is 11.6. The summed E-state index contributed by atoms with van der Waals surface area (Å²) in [5, 5.41) is 8.61. The van der Waals surface area contributed by atoms with Gasteiger partial charge in [0.15, 0.2) is 5.82 Å². The van der Waals surface area contributed by atoms with Crippen LogP contribution in [0.5, 0.6) is 0 Å². The van der Waals surface area contributed by atoms with E-state index >= 15 is 0 Å². The third kappa shape index (κ3) is 3.42. The number of aryl methyl sites for hydroxylation is 1. The van der Waals surface area contributed by atoms with Crippen LogP contribution in [0.4, 0.5) is 0 Å². The van der Waals surface area contributed by atoms with Gasteiger partial charge >= 0.3 is 0 Å². The zero-order chi connectivity index (χ0) is 24.2. The topological polar surface area (TPSA) is 79.7 Å². The maximum atomic E-state index is 13.7. The molecule has 0 unspecified atom stereocenters. The molecule has 0 bridgehead atoms. The molecule has 1 aliphatic carbocycles. The Hall–Kier alpha value is -3.48. The molecular weight excluding hydrogens is 424 g/mol. The molecule has 0 saturated carbocycles. The highest BCUT2D eigenvalue weighted by Crippen LogP contribution is 2.44. The average Bonchev–Trinajstić information content (AvgIpc) is 3.43. The third-order valence-electron chi connectivity index (χ3n) is 7.97. The molecule has 2 heterocycles. The van der Waals surface area contributed by atoms with Gasteiger partial charge in [-0.3, -0.25) is 4.79 Å². The fourth-order valence-electron chi connectivity index (χ4n) is 5.42. The van der Waals surface area contributed by atoms with E-state index in [1.54, 1.807) is 6.33 Å². The van der Waals surface area contributed by atoms with Gasteiger partial charge in [0.25, 0.3) is 5.91 Å². The van der Waals surface area contributed by atoms with Crippen molar-refractivity contribution in [3.05, 3.63) is 65.2 Å². The SMILES string of the molecule is CCN(C(=O)c1ccc2nc[nH]c2c1)[C@@H]1Cc2ccc(-c3nnc(C)n3C)cc2C(C)(C)[C@@H]1C. The van der Waals surface area contributed by atoms with E-state index in [4.69, 9.17) is 0 Å². The van der Waals surface area contributed by atoms with Crippen molar-refractivity contribution in [3.63, 3.8) is 0 Å². The summed E-state index contributed by atoms with van der Waals surface area (Å²) in [5.74, 6) is 2.12. The van der Waals surface area contributed by atoms with E-state index in [9.17, 15) is 4.79 Å². The minimum atomic E-state index is -0.108. The predicted molar refractivity (Wildman–Crippen MR) is 134 cm³/mol. The number of likely N-dealkylation sites (N-methyl/N-ethyl adjacent to an activating group) is 1. The first-order valence-electron chi connectivity index (χ1n) is 12.0. The van der Waals surface area contributed by atoms with E-state index < -0.39 is 0 Å². The molecule has 7 heteroatoms. The number of fused-ring (bicyclic) bond motifs is 2. The van der Waals surface area contributed by atoms with Crippen molar-refractivity contribution in [3.8, 4) is 11.4 Å². The van der Waals surface area contributed by atoms with Crippen LogP contribution >= 0.6 is 0 Å². The van der Waals surface area contributed by atoms with E-state index in [2.05, 4.69) is 66.1 Å². The Labute approximate surface area is 200 Å². The highest BCUT2D eigenvalue weighted by Gasteiger charge is 2.43. The number of nitrogens with zero attached hydrogens (tertiary/aromatic N) is 5. The lowest BCUT2D eigenvalue weighted by Crippen LogP contribution is -2.52. The number of nitrogens with one attached hydrogen (secondary N) is 1.